The molecule has 2 aromatic rings. The molecule has 0 amide bonds. The Hall–Kier alpha value is -2.22. The molecule has 1 heterocycles. The van der Waals surface area contributed by atoms with Gasteiger partial charge in [-0.1, -0.05) is 44.2 Å². The van der Waals surface area contributed by atoms with Crippen molar-refractivity contribution in [3.8, 4) is 0 Å². The normalized spacial score (nSPS) is 40.0. The number of allylic oxidation sites excluding steroid dienone is 4. The highest BCUT2D eigenvalue weighted by Gasteiger charge is 2.70. The number of hydrogen-bond acceptors (Lipinski definition) is 6. The van der Waals surface area contributed by atoms with Gasteiger partial charge in [-0.3, -0.25) is 9.59 Å². The molecule has 7 heteroatoms. The van der Waals surface area contributed by atoms with E-state index in [0.717, 1.165) is 35.9 Å². The smallest absolute Gasteiger partial charge is 0.178 e. The number of carbonyl (C=O) groups is 2. The average molecular weight is 535 g/mol. The van der Waals surface area contributed by atoms with Crippen LogP contribution in [0.25, 0.3) is 11.0 Å². The quantitative estimate of drug-likeness (QED) is 0.472. The SMILES string of the molecule is Cc1cc2nc(SCC(=O)[C@@]3(O)[C@H](C)CC4C5CCC6=CC(=O)C=CC6(C)C5C(O)CC43C)[nH]c2cc1C. The van der Waals surface area contributed by atoms with Crippen molar-refractivity contribution in [2.45, 2.75) is 77.2 Å². The molecule has 202 valence electrons. The minimum Gasteiger partial charge on any atom is -0.393 e. The maximum absolute atomic E-state index is 13.9. The largest absolute Gasteiger partial charge is 0.393 e. The Balaban J connectivity index is 1.26. The second kappa shape index (κ2) is 8.64. The summed E-state index contributed by atoms with van der Waals surface area (Å²) in [5.74, 6) is 0.0590. The molecule has 0 spiro atoms. The van der Waals surface area contributed by atoms with Gasteiger partial charge in [-0.15, -0.1) is 0 Å². The fraction of sp³-hybridized carbons (Fsp3) is 0.581. The van der Waals surface area contributed by atoms with Gasteiger partial charge in [0.25, 0.3) is 0 Å². The maximum atomic E-state index is 13.9. The van der Waals surface area contributed by atoms with Crippen LogP contribution in [0.4, 0.5) is 0 Å². The Kier molecular flexibility index (Phi) is 5.92. The van der Waals surface area contributed by atoms with Crippen LogP contribution >= 0.6 is 11.8 Å². The number of nitrogens with one attached hydrogen (secondary N) is 1. The van der Waals surface area contributed by atoms with E-state index in [4.69, 9.17) is 0 Å². The van der Waals surface area contributed by atoms with Crippen molar-refractivity contribution in [1.29, 1.82) is 0 Å². The fourth-order valence-corrected chi connectivity index (χ4v) is 9.64. The molecule has 3 fully saturated rings. The molecule has 4 aliphatic carbocycles. The van der Waals surface area contributed by atoms with Gasteiger partial charge < -0.3 is 15.2 Å². The van der Waals surface area contributed by atoms with Gasteiger partial charge in [0.05, 0.1) is 22.9 Å². The summed E-state index contributed by atoms with van der Waals surface area (Å²) in [4.78, 5) is 33.9. The van der Waals surface area contributed by atoms with Gasteiger partial charge in [-0.05, 0) is 92.7 Å². The third-order valence-corrected chi connectivity index (χ3v) is 11.8. The van der Waals surface area contributed by atoms with Crippen LogP contribution in [-0.4, -0.2) is 49.2 Å². The third-order valence-electron chi connectivity index (χ3n) is 10.9. The second-order valence-corrected chi connectivity index (χ2v) is 13.8. The number of benzene rings is 1. The Morgan fingerprint density at radius 2 is 1.97 bits per heavy atom. The number of ketones is 2. The summed E-state index contributed by atoms with van der Waals surface area (Å²) in [6, 6.07) is 4.12. The van der Waals surface area contributed by atoms with Gasteiger partial charge >= 0.3 is 0 Å². The lowest BCUT2D eigenvalue weighted by atomic mass is 9.46. The van der Waals surface area contributed by atoms with E-state index in [2.05, 4.69) is 36.8 Å². The first kappa shape index (κ1) is 26.0. The highest BCUT2D eigenvalue weighted by atomic mass is 32.2. The molecule has 3 N–H and O–H groups in total. The molecule has 0 aliphatic heterocycles. The maximum Gasteiger partial charge on any atom is 0.178 e. The van der Waals surface area contributed by atoms with Crippen molar-refractivity contribution >= 4 is 34.4 Å². The molecule has 3 saturated carbocycles. The minimum absolute atomic E-state index is 0.0211. The molecule has 8 atom stereocenters. The van der Waals surface area contributed by atoms with E-state index in [1.165, 1.54) is 22.9 Å². The summed E-state index contributed by atoms with van der Waals surface area (Å²) >= 11 is 1.34. The number of hydrogen-bond donors (Lipinski definition) is 3. The minimum atomic E-state index is -1.51. The molecule has 6 unspecified atom stereocenters. The Morgan fingerprint density at radius 1 is 1.24 bits per heavy atom. The molecule has 1 aromatic heterocycles. The van der Waals surface area contributed by atoms with Crippen molar-refractivity contribution in [2.75, 3.05) is 5.75 Å². The van der Waals surface area contributed by atoms with Crippen LogP contribution in [0.2, 0.25) is 0 Å². The molecule has 38 heavy (non-hydrogen) atoms. The molecule has 6 nitrogen and oxygen atoms in total. The molecule has 1 aromatic carbocycles. The lowest BCUT2D eigenvalue weighted by molar-refractivity contribution is -0.179. The molecule has 4 aliphatic rings. The summed E-state index contributed by atoms with van der Waals surface area (Å²) in [6.45, 7) is 10.3. The molecule has 0 radical (unpaired) electrons. The summed E-state index contributed by atoms with van der Waals surface area (Å²) < 4.78 is 0. The fourth-order valence-electron chi connectivity index (χ4n) is 8.81. The third kappa shape index (κ3) is 3.50. The first-order chi connectivity index (χ1) is 17.9. The number of carbonyl (C=O) groups excluding carboxylic acids is 2. The second-order valence-electron chi connectivity index (χ2n) is 12.8. The molecule has 6 rings (SSSR count). The first-order valence-corrected chi connectivity index (χ1v) is 14.8. The number of Topliss-reactive ketones (excluding diaryl/α,β-unsaturated/α-hetero) is 1. The summed E-state index contributed by atoms with van der Waals surface area (Å²) in [6.07, 6.45) is 7.56. The number of thioether (sulfide) groups is 1. The van der Waals surface area contributed by atoms with Crippen molar-refractivity contribution < 1.29 is 19.8 Å². The number of imidazole rings is 1. The monoisotopic (exact) mass is 534 g/mol. The number of aliphatic hydroxyl groups is 2. The Bertz CT molecular complexity index is 1370. The van der Waals surface area contributed by atoms with E-state index in [1.807, 2.05) is 26.0 Å². The Labute approximate surface area is 228 Å². The molecule has 0 bridgehead atoms. The molecular weight excluding hydrogens is 496 g/mol. The van der Waals surface area contributed by atoms with E-state index >= 15 is 0 Å². The molecule has 0 saturated heterocycles. The van der Waals surface area contributed by atoms with Crippen molar-refractivity contribution in [3.63, 3.8) is 0 Å². The van der Waals surface area contributed by atoms with E-state index in [0.29, 0.717) is 11.6 Å². The van der Waals surface area contributed by atoms with Gasteiger partial charge in [0.2, 0.25) is 0 Å². The van der Waals surface area contributed by atoms with Gasteiger partial charge in [0.15, 0.2) is 16.7 Å². The zero-order valence-corrected chi connectivity index (χ0v) is 23.7. The lowest BCUT2D eigenvalue weighted by Crippen LogP contribution is -2.62. The first-order valence-electron chi connectivity index (χ1n) is 13.9. The number of aliphatic hydroxyl groups excluding tert-OH is 1. The van der Waals surface area contributed by atoms with Crippen LogP contribution in [0.15, 0.2) is 41.1 Å². The van der Waals surface area contributed by atoms with Crippen LogP contribution in [0, 0.1) is 48.3 Å². The lowest BCUT2D eigenvalue weighted by Gasteiger charge is -2.59. The Morgan fingerprint density at radius 3 is 2.74 bits per heavy atom. The number of nitrogens with zero attached hydrogens (tertiary/aromatic N) is 1. The van der Waals surface area contributed by atoms with E-state index < -0.39 is 17.1 Å². The van der Waals surface area contributed by atoms with Crippen LogP contribution in [0.1, 0.15) is 57.6 Å². The van der Waals surface area contributed by atoms with Crippen molar-refractivity contribution in [3.05, 3.63) is 47.1 Å². The topological polar surface area (TPSA) is 103 Å². The van der Waals surface area contributed by atoms with Crippen LogP contribution in [0.5, 0.6) is 0 Å². The number of aromatic amines is 1. The van der Waals surface area contributed by atoms with Crippen LogP contribution in [-0.2, 0) is 9.59 Å². The zero-order chi connectivity index (χ0) is 27.2. The number of H-pyrrole nitrogens is 1. The number of fused-ring (bicyclic) bond motifs is 6. The van der Waals surface area contributed by atoms with E-state index in [1.54, 1.807) is 12.2 Å². The predicted molar refractivity (Wildman–Crippen MR) is 149 cm³/mol. The summed E-state index contributed by atoms with van der Waals surface area (Å²) in [7, 11) is 0. The highest BCUT2D eigenvalue weighted by molar-refractivity contribution is 7.99. The summed E-state index contributed by atoms with van der Waals surface area (Å²) in [5.41, 5.74) is 2.71. The predicted octanol–water partition coefficient (Wildman–Crippen LogP) is 5.10. The summed E-state index contributed by atoms with van der Waals surface area (Å²) in [5, 5.41) is 24.5. The number of aromatic nitrogens is 2. The number of rotatable bonds is 4. The van der Waals surface area contributed by atoms with Crippen molar-refractivity contribution in [1.82, 2.24) is 9.97 Å². The van der Waals surface area contributed by atoms with Gasteiger partial charge in [-0.2, -0.15) is 0 Å². The van der Waals surface area contributed by atoms with Crippen molar-refractivity contribution in [2.24, 2.45) is 34.5 Å². The zero-order valence-electron chi connectivity index (χ0n) is 22.9. The van der Waals surface area contributed by atoms with Gasteiger partial charge in [-0.25, -0.2) is 4.98 Å². The van der Waals surface area contributed by atoms with Gasteiger partial charge in [0.1, 0.15) is 5.60 Å². The van der Waals surface area contributed by atoms with Gasteiger partial charge in [0, 0.05) is 16.7 Å². The van der Waals surface area contributed by atoms with Crippen LogP contribution < -0.4 is 0 Å². The van der Waals surface area contributed by atoms with E-state index in [-0.39, 0.29) is 46.4 Å². The van der Waals surface area contributed by atoms with E-state index in [9.17, 15) is 19.8 Å². The molecular formula is C31H38N2O4S. The average Bonchev–Trinajstić information content (AvgIpc) is 3.34. The van der Waals surface area contributed by atoms with Crippen LogP contribution in [0.3, 0.4) is 0 Å². The standard InChI is InChI=1S/C31H38N2O4S/c1-16-10-23-24(11-17(16)2)33-28(32-23)38-15-26(36)31(37)18(3)12-22-21-7-6-19-13-20(34)8-9-29(19,4)27(21)25(35)14-30(22,31)5/h8-11,13,18,21-22,25,27,35,37H,6-7,12,14-15H2,1-5H3,(H,32,33)/t18-,21?,22?,25?,27?,29?,30?,31+/m1/s1. The highest BCUT2D eigenvalue weighted by Crippen LogP contribution is 2.68. The number of aryl methyl sites for hydroxylation is 2.